The van der Waals surface area contributed by atoms with E-state index in [9.17, 15) is 0 Å². The van der Waals surface area contributed by atoms with Crippen LogP contribution < -0.4 is 5.32 Å². The van der Waals surface area contributed by atoms with E-state index < -0.39 is 0 Å². The molecular weight excluding hydrogens is 160 g/mol. The molecule has 0 aromatic heterocycles. The minimum absolute atomic E-state index is 1.03. The summed E-state index contributed by atoms with van der Waals surface area (Å²) in [7, 11) is 0. The molecule has 0 aliphatic heterocycles. The highest BCUT2D eigenvalue weighted by Crippen LogP contribution is 1.94. The summed E-state index contributed by atoms with van der Waals surface area (Å²) in [5, 5.41) is 3.33. The molecule has 1 N–H and O–H groups in total. The molecule has 0 aromatic carbocycles. The van der Waals surface area contributed by atoms with Gasteiger partial charge in [0.1, 0.15) is 0 Å². The van der Waals surface area contributed by atoms with Crippen molar-refractivity contribution in [2.45, 2.75) is 26.7 Å². The third-order valence-electron chi connectivity index (χ3n) is 2.16. The van der Waals surface area contributed by atoms with Crippen LogP contribution in [-0.4, -0.2) is 37.6 Å². The molecule has 0 atom stereocenters. The van der Waals surface area contributed by atoms with Gasteiger partial charge in [0, 0.05) is 6.54 Å². The summed E-state index contributed by atoms with van der Waals surface area (Å²) in [6.45, 7) is 13.7. The van der Waals surface area contributed by atoms with E-state index in [1.54, 1.807) is 0 Å². The molecule has 0 bridgehead atoms. The Morgan fingerprint density at radius 3 is 2.62 bits per heavy atom. The molecule has 2 nitrogen and oxygen atoms in total. The van der Waals surface area contributed by atoms with Gasteiger partial charge >= 0.3 is 0 Å². The minimum atomic E-state index is 1.03. The van der Waals surface area contributed by atoms with Crippen molar-refractivity contribution >= 4 is 0 Å². The number of hydrogen-bond acceptors (Lipinski definition) is 2. The zero-order chi connectivity index (χ0) is 9.94. The zero-order valence-corrected chi connectivity index (χ0v) is 9.18. The van der Waals surface area contributed by atoms with Crippen LogP contribution in [0.15, 0.2) is 12.7 Å². The third kappa shape index (κ3) is 8.00. The van der Waals surface area contributed by atoms with E-state index >= 15 is 0 Å². The van der Waals surface area contributed by atoms with Gasteiger partial charge in [-0.2, -0.15) is 0 Å². The second-order valence-electron chi connectivity index (χ2n) is 3.24. The second-order valence-corrected chi connectivity index (χ2v) is 3.24. The smallest absolute Gasteiger partial charge is 0.0160 e. The van der Waals surface area contributed by atoms with Gasteiger partial charge in [-0.15, -0.1) is 6.58 Å². The molecule has 0 aliphatic carbocycles. The van der Waals surface area contributed by atoms with Crippen molar-refractivity contribution in [3.63, 3.8) is 0 Å². The van der Waals surface area contributed by atoms with E-state index in [4.69, 9.17) is 0 Å². The first kappa shape index (κ1) is 12.7. The topological polar surface area (TPSA) is 15.3 Å². The number of nitrogens with one attached hydrogen (secondary N) is 1. The highest BCUT2D eigenvalue weighted by Gasteiger charge is 1.97. The lowest BCUT2D eigenvalue weighted by Gasteiger charge is -2.17. The Balaban J connectivity index is 3.22. The van der Waals surface area contributed by atoms with Crippen molar-refractivity contribution in [3.05, 3.63) is 12.7 Å². The van der Waals surface area contributed by atoms with Gasteiger partial charge in [0.05, 0.1) is 0 Å². The molecule has 0 unspecified atom stereocenters. The maximum atomic E-state index is 3.75. The van der Waals surface area contributed by atoms with Crippen molar-refractivity contribution in [1.29, 1.82) is 0 Å². The van der Waals surface area contributed by atoms with Crippen LogP contribution in [0.2, 0.25) is 0 Å². The van der Waals surface area contributed by atoms with Crippen LogP contribution in [-0.2, 0) is 0 Å². The molecule has 0 amide bonds. The first-order chi connectivity index (χ1) is 6.35. The van der Waals surface area contributed by atoms with E-state index in [0.717, 1.165) is 26.2 Å². The number of unbranched alkanes of at least 4 members (excludes halogenated alkanes) is 1. The first-order valence-corrected chi connectivity index (χ1v) is 5.39. The number of rotatable bonds is 9. The molecule has 0 saturated carbocycles. The van der Waals surface area contributed by atoms with Crippen LogP contribution in [0.3, 0.4) is 0 Å². The van der Waals surface area contributed by atoms with Gasteiger partial charge in [-0.1, -0.05) is 19.9 Å². The molecule has 0 radical (unpaired) electrons. The van der Waals surface area contributed by atoms with Crippen LogP contribution in [0.25, 0.3) is 0 Å². The largest absolute Gasteiger partial charge is 0.317 e. The summed E-state index contributed by atoms with van der Waals surface area (Å²) in [4.78, 5) is 2.42. The Morgan fingerprint density at radius 1 is 1.31 bits per heavy atom. The second kappa shape index (κ2) is 9.75. The molecular formula is C11H24N2. The fourth-order valence-corrected chi connectivity index (χ4v) is 1.32. The summed E-state index contributed by atoms with van der Waals surface area (Å²) in [6.07, 6.45) is 4.55. The number of likely N-dealkylation sites (N-methyl/N-ethyl adjacent to an activating group) is 1. The molecule has 0 aliphatic rings. The first-order valence-electron chi connectivity index (χ1n) is 5.39. The SMILES string of the molecule is C=CCN(CC)CCCCNCC. The lowest BCUT2D eigenvalue weighted by Crippen LogP contribution is -2.25. The molecule has 0 heterocycles. The molecule has 78 valence electrons. The molecule has 0 fully saturated rings. The average molecular weight is 184 g/mol. The molecule has 2 heteroatoms. The van der Waals surface area contributed by atoms with Gasteiger partial charge in [0.2, 0.25) is 0 Å². The van der Waals surface area contributed by atoms with Gasteiger partial charge in [-0.25, -0.2) is 0 Å². The Morgan fingerprint density at radius 2 is 2.08 bits per heavy atom. The lowest BCUT2D eigenvalue weighted by molar-refractivity contribution is 0.311. The van der Waals surface area contributed by atoms with Crippen LogP contribution >= 0.6 is 0 Å². The Hall–Kier alpha value is -0.340. The van der Waals surface area contributed by atoms with Crippen molar-refractivity contribution in [2.75, 3.05) is 32.7 Å². The lowest BCUT2D eigenvalue weighted by atomic mass is 10.3. The van der Waals surface area contributed by atoms with Crippen molar-refractivity contribution < 1.29 is 0 Å². The summed E-state index contributed by atoms with van der Waals surface area (Å²) in [5.74, 6) is 0. The quantitative estimate of drug-likeness (QED) is 0.435. The molecule has 13 heavy (non-hydrogen) atoms. The predicted octanol–water partition coefficient (Wildman–Crippen LogP) is 1.88. The van der Waals surface area contributed by atoms with Gasteiger partial charge in [-0.3, -0.25) is 4.90 Å². The molecule has 0 aromatic rings. The zero-order valence-electron chi connectivity index (χ0n) is 9.18. The van der Waals surface area contributed by atoms with Crippen LogP contribution in [0.4, 0.5) is 0 Å². The molecule has 0 saturated heterocycles. The van der Waals surface area contributed by atoms with Crippen LogP contribution in [0.1, 0.15) is 26.7 Å². The highest BCUT2D eigenvalue weighted by atomic mass is 15.1. The Bertz CT molecular complexity index is 113. The van der Waals surface area contributed by atoms with Gasteiger partial charge in [0.15, 0.2) is 0 Å². The van der Waals surface area contributed by atoms with E-state index in [0.29, 0.717) is 0 Å². The summed E-state index contributed by atoms with van der Waals surface area (Å²) in [6, 6.07) is 0. The van der Waals surface area contributed by atoms with Gasteiger partial charge < -0.3 is 5.32 Å². The summed E-state index contributed by atoms with van der Waals surface area (Å²) >= 11 is 0. The fourth-order valence-electron chi connectivity index (χ4n) is 1.32. The highest BCUT2D eigenvalue weighted by molar-refractivity contribution is 4.72. The minimum Gasteiger partial charge on any atom is -0.317 e. The van der Waals surface area contributed by atoms with E-state index in [-0.39, 0.29) is 0 Å². The number of nitrogens with zero attached hydrogens (tertiary/aromatic N) is 1. The monoisotopic (exact) mass is 184 g/mol. The average Bonchev–Trinajstić information content (AvgIpc) is 2.16. The normalized spacial score (nSPS) is 10.7. The van der Waals surface area contributed by atoms with Crippen molar-refractivity contribution in [3.8, 4) is 0 Å². The van der Waals surface area contributed by atoms with Gasteiger partial charge in [0.25, 0.3) is 0 Å². The number of hydrogen-bond donors (Lipinski definition) is 1. The Labute approximate surface area is 83.0 Å². The molecule has 0 rings (SSSR count). The van der Waals surface area contributed by atoms with Crippen LogP contribution in [0.5, 0.6) is 0 Å². The predicted molar refractivity (Wildman–Crippen MR) is 60.1 cm³/mol. The maximum absolute atomic E-state index is 3.75. The summed E-state index contributed by atoms with van der Waals surface area (Å²) in [5.41, 5.74) is 0. The van der Waals surface area contributed by atoms with E-state index in [2.05, 4.69) is 30.6 Å². The van der Waals surface area contributed by atoms with E-state index in [1.165, 1.54) is 19.4 Å². The third-order valence-corrected chi connectivity index (χ3v) is 2.16. The van der Waals surface area contributed by atoms with Crippen molar-refractivity contribution in [2.24, 2.45) is 0 Å². The Kier molecular flexibility index (Phi) is 9.49. The van der Waals surface area contributed by atoms with Gasteiger partial charge in [-0.05, 0) is 39.0 Å². The van der Waals surface area contributed by atoms with Crippen molar-refractivity contribution in [1.82, 2.24) is 10.2 Å². The summed E-state index contributed by atoms with van der Waals surface area (Å²) < 4.78 is 0. The molecule has 0 spiro atoms. The van der Waals surface area contributed by atoms with E-state index in [1.807, 2.05) is 6.08 Å². The maximum Gasteiger partial charge on any atom is 0.0160 e. The standard InChI is InChI=1S/C11H24N2/c1-4-10-13(6-3)11-8-7-9-12-5-2/h4,12H,1,5-11H2,2-3H3. The van der Waals surface area contributed by atoms with Crippen LogP contribution in [0, 0.1) is 0 Å². The fraction of sp³-hybridized carbons (Fsp3) is 0.818.